The minimum absolute atomic E-state index is 0.103. The van der Waals surface area contributed by atoms with Crippen LogP contribution in [0.25, 0.3) is 15.8 Å². The van der Waals surface area contributed by atoms with Gasteiger partial charge in [0.15, 0.2) is 0 Å². The van der Waals surface area contributed by atoms with Gasteiger partial charge < -0.3 is 10.0 Å². The van der Waals surface area contributed by atoms with Crippen molar-refractivity contribution in [1.29, 1.82) is 5.26 Å². The topological polar surface area (TPSA) is 64.3 Å². The van der Waals surface area contributed by atoms with E-state index in [9.17, 15) is 4.79 Å². The van der Waals surface area contributed by atoms with Crippen LogP contribution in [0.15, 0.2) is 17.7 Å². The lowest BCUT2D eigenvalue weighted by Gasteiger charge is -2.19. The first-order valence-electron chi connectivity index (χ1n) is 7.07. The standard InChI is InChI=1S/C17H16N2O2S2/c1-17(2)11-6-10(5-9(8-18)16(20)21)22-14(11)15-12(17)7-13(23-15)19(3)4/h5-7H,1-4H3,(H,20,21)/b9-5+. The molecule has 23 heavy (non-hydrogen) atoms. The molecule has 0 saturated heterocycles. The van der Waals surface area contributed by atoms with E-state index in [4.69, 9.17) is 10.4 Å². The van der Waals surface area contributed by atoms with Crippen LogP contribution < -0.4 is 4.90 Å². The fourth-order valence-electron chi connectivity index (χ4n) is 2.77. The third-order valence-corrected chi connectivity index (χ3v) is 6.65. The highest BCUT2D eigenvalue weighted by Gasteiger charge is 2.39. The van der Waals surface area contributed by atoms with Crippen molar-refractivity contribution in [3.63, 3.8) is 0 Å². The number of hydrogen-bond donors (Lipinski definition) is 1. The molecule has 1 aliphatic carbocycles. The number of nitriles is 1. The first-order valence-corrected chi connectivity index (χ1v) is 8.70. The van der Waals surface area contributed by atoms with Crippen LogP contribution >= 0.6 is 22.7 Å². The molecule has 0 radical (unpaired) electrons. The SMILES string of the molecule is CN(C)c1cc2c(s1)-c1sc(/C=C(\C#N)C(=O)O)cc1C2(C)C. The first kappa shape index (κ1) is 15.8. The lowest BCUT2D eigenvalue weighted by molar-refractivity contribution is -0.132. The molecular weight excluding hydrogens is 328 g/mol. The maximum Gasteiger partial charge on any atom is 0.346 e. The van der Waals surface area contributed by atoms with Crippen molar-refractivity contribution in [2.24, 2.45) is 0 Å². The number of carboxylic acid groups (broad SMARTS) is 1. The van der Waals surface area contributed by atoms with Gasteiger partial charge in [-0.25, -0.2) is 4.79 Å². The average molecular weight is 344 g/mol. The summed E-state index contributed by atoms with van der Waals surface area (Å²) in [5.41, 5.74) is 2.20. The number of carbonyl (C=O) groups is 1. The van der Waals surface area contributed by atoms with Gasteiger partial charge in [0.1, 0.15) is 11.6 Å². The highest BCUT2D eigenvalue weighted by molar-refractivity contribution is 7.25. The molecule has 0 fully saturated rings. The predicted octanol–water partition coefficient (Wildman–Crippen LogP) is 4.17. The second-order valence-electron chi connectivity index (χ2n) is 6.21. The van der Waals surface area contributed by atoms with Crippen molar-refractivity contribution in [2.75, 3.05) is 19.0 Å². The summed E-state index contributed by atoms with van der Waals surface area (Å²) in [6, 6.07) is 5.99. The van der Waals surface area contributed by atoms with Gasteiger partial charge in [0.25, 0.3) is 0 Å². The molecule has 2 heterocycles. The van der Waals surface area contributed by atoms with Crippen molar-refractivity contribution in [1.82, 2.24) is 0 Å². The molecule has 0 bridgehead atoms. The van der Waals surface area contributed by atoms with Crippen molar-refractivity contribution >= 4 is 39.7 Å². The van der Waals surface area contributed by atoms with Gasteiger partial charge in [-0.1, -0.05) is 13.8 Å². The molecule has 0 atom stereocenters. The summed E-state index contributed by atoms with van der Waals surface area (Å²) in [6.45, 7) is 4.37. The molecule has 2 aromatic rings. The number of aliphatic carboxylic acids is 1. The zero-order chi connectivity index (χ0) is 16.9. The van der Waals surface area contributed by atoms with Crippen molar-refractivity contribution in [3.8, 4) is 15.8 Å². The van der Waals surface area contributed by atoms with Crippen LogP contribution in [-0.4, -0.2) is 25.2 Å². The fourth-order valence-corrected chi connectivity index (χ4v) is 5.44. The Kier molecular flexibility index (Phi) is 3.58. The average Bonchev–Trinajstić information content (AvgIpc) is 3.11. The second kappa shape index (κ2) is 5.22. The van der Waals surface area contributed by atoms with Crippen LogP contribution in [0.4, 0.5) is 5.00 Å². The van der Waals surface area contributed by atoms with Crippen LogP contribution in [0.1, 0.15) is 29.9 Å². The summed E-state index contributed by atoms with van der Waals surface area (Å²) in [7, 11) is 4.06. The summed E-state index contributed by atoms with van der Waals surface area (Å²) in [6.07, 6.45) is 1.46. The summed E-state index contributed by atoms with van der Waals surface area (Å²) in [5, 5.41) is 19.2. The number of fused-ring (bicyclic) bond motifs is 3. The normalized spacial score (nSPS) is 15.0. The van der Waals surface area contributed by atoms with Gasteiger partial charge >= 0.3 is 5.97 Å². The number of anilines is 1. The van der Waals surface area contributed by atoms with E-state index in [1.807, 2.05) is 20.2 Å². The zero-order valence-corrected chi connectivity index (χ0v) is 14.9. The second-order valence-corrected chi connectivity index (χ2v) is 8.33. The van der Waals surface area contributed by atoms with Crippen LogP contribution in [0, 0.1) is 11.3 Å². The number of carboxylic acids is 1. The van der Waals surface area contributed by atoms with Crippen LogP contribution in [0.3, 0.4) is 0 Å². The molecule has 1 aliphatic rings. The van der Waals surface area contributed by atoms with Gasteiger partial charge in [0.05, 0.1) is 9.88 Å². The van der Waals surface area contributed by atoms with Crippen LogP contribution in [0.5, 0.6) is 0 Å². The third-order valence-electron chi connectivity index (χ3n) is 4.10. The van der Waals surface area contributed by atoms with Crippen molar-refractivity contribution in [2.45, 2.75) is 19.3 Å². The quantitative estimate of drug-likeness (QED) is 0.670. The Morgan fingerprint density at radius 1 is 1.26 bits per heavy atom. The Labute approximate surface area is 142 Å². The van der Waals surface area contributed by atoms with E-state index in [0.29, 0.717) is 0 Å². The smallest absolute Gasteiger partial charge is 0.346 e. The van der Waals surface area contributed by atoms with E-state index < -0.39 is 5.97 Å². The molecule has 0 aliphatic heterocycles. The van der Waals surface area contributed by atoms with E-state index in [2.05, 4.69) is 24.8 Å². The Bertz CT molecular complexity index is 879. The highest BCUT2D eigenvalue weighted by Crippen LogP contribution is 2.56. The lowest BCUT2D eigenvalue weighted by Crippen LogP contribution is -2.14. The molecule has 2 aromatic heterocycles. The third kappa shape index (κ3) is 2.37. The number of rotatable bonds is 3. The van der Waals surface area contributed by atoms with Gasteiger partial charge in [-0.05, 0) is 29.3 Å². The van der Waals surface area contributed by atoms with Crippen LogP contribution in [-0.2, 0) is 10.2 Å². The van der Waals surface area contributed by atoms with Gasteiger partial charge in [-0.15, -0.1) is 22.7 Å². The first-order chi connectivity index (χ1) is 10.8. The van der Waals surface area contributed by atoms with E-state index >= 15 is 0 Å². The van der Waals surface area contributed by atoms with Crippen LogP contribution in [0.2, 0.25) is 0 Å². The Hall–Kier alpha value is -2.10. The molecule has 3 rings (SSSR count). The maximum atomic E-state index is 11.0. The number of nitrogens with zero attached hydrogens (tertiary/aromatic N) is 2. The maximum absolute atomic E-state index is 11.0. The number of thiophene rings is 2. The summed E-state index contributed by atoms with van der Waals surface area (Å²) in [4.78, 5) is 16.4. The van der Waals surface area contributed by atoms with E-state index in [-0.39, 0.29) is 11.0 Å². The van der Waals surface area contributed by atoms with E-state index in [1.54, 1.807) is 28.7 Å². The van der Waals surface area contributed by atoms with Gasteiger partial charge in [0, 0.05) is 29.3 Å². The largest absolute Gasteiger partial charge is 0.477 e. The minimum atomic E-state index is -1.19. The highest BCUT2D eigenvalue weighted by atomic mass is 32.1. The van der Waals surface area contributed by atoms with Crippen molar-refractivity contribution < 1.29 is 9.90 Å². The molecule has 4 nitrogen and oxygen atoms in total. The monoisotopic (exact) mass is 344 g/mol. The molecular formula is C17H16N2O2S2. The molecule has 6 heteroatoms. The lowest BCUT2D eigenvalue weighted by atomic mass is 9.84. The van der Waals surface area contributed by atoms with Gasteiger partial charge in [-0.2, -0.15) is 5.26 Å². The van der Waals surface area contributed by atoms with E-state index in [0.717, 1.165) is 4.88 Å². The predicted molar refractivity (Wildman–Crippen MR) is 95.3 cm³/mol. The molecule has 0 unspecified atom stereocenters. The zero-order valence-electron chi connectivity index (χ0n) is 13.3. The van der Waals surface area contributed by atoms with Gasteiger partial charge in [-0.3, -0.25) is 0 Å². The minimum Gasteiger partial charge on any atom is -0.477 e. The molecule has 0 saturated carbocycles. The Morgan fingerprint density at radius 2 is 1.87 bits per heavy atom. The van der Waals surface area contributed by atoms with E-state index in [1.165, 1.54) is 32.0 Å². The molecule has 1 N–H and O–H groups in total. The molecule has 0 spiro atoms. The summed E-state index contributed by atoms with van der Waals surface area (Å²) < 4.78 is 0. The molecule has 0 amide bonds. The molecule has 0 aromatic carbocycles. The Balaban J connectivity index is 2.14. The summed E-state index contributed by atoms with van der Waals surface area (Å²) >= 11 is 3.31. The van der Waals surface area contributed by atoms with Crippen molar-refractivity contribution in [3.05, 3.63) is 33.7 Å². The fraction of sp³-hybridized carbons (Fsp3) is 0.294. The molecule has 118 valence electrons. The summed E-state index contributed by atoms with van der Waals surface area (Å²) in [5.74, 6) is -1.19. The number of hydrogen-bond acceptors (Lipinski definition) is 5. The Morgan fingerprint density at radius 3 is 2.43 bits per heavy atom. The van der Waals surface area contributed by atoms with Gasteiger partial charge in [0.2, 0.25) is 0 Å².